The molecular weight excluding hydrogens is 901 g/mol. The van der Waals surface area contributed by atoms with Crippen LogP contribution in [0.3, 0.4) is 0 Å². The van der Waals surface area contributed by atoms with Crippen molar-refractivity contribution in [2.75, 3.05) is 0 Å². The van der Waals surface area contributed by atoms with Crippen molar-refractivity contribution >= 4 is 51.4 Å². The van der Waals surface area contributed by atoms with E-state index in [0.717, 1.165) is 101 Å². The Labute approximate surface area is 410 Å². The number of thiophene rings is 3. The van der Waals surface area contributed by atoms with Crippen molar-refractivity contribution < 1.29 is 14.4 Å². The highest BCUT2D eigenvalue weighted by Crippen LogP contribution is 2.42. The predicted molar refractivity (Wildman–Crippen MR) is 279 cm³/mol. The Morgan fingerprint density at radius 1 is 0.544 bits per heavy atom. The standard InChI is InChI=1S/C56H60N6O3S3/c1-11-39-28(2)53(58-32(39)6)52(46-17-14-24-68-46)56-31(5)49(36(10)64)40(62-56)20-18-38-19-21-41(61-38)50(44-15-12-22-66-44)55-30(4)48(34(8)60-55)43(65)26-37-25-42(57-27-37)51(45-16-13-23-67-45)54-29(3)47(35(9)63)33(7)59-54/h12-17,19,21-25,27,50-52,57-62H,11,18,20,26H2,1-10H3. The van der Waals surface area contributed by atoms with Crippen molar-refractivity contribution in [2.45, 2.75) is 113 Å². The molecule has 9 aromatic rings. The molecule has 0 aliphatic carbocycles. The maximum atomic E-state index is 14.4. The Morgan fingerprint density at radius 2 is 1.06 bits per heavy atom. The zero-order chi connectivity index (χ0) is 48.1. The Bertz CT molecular complexity index is 3270. The average Bonchev–Trinajstić information content (AvgIpc) is 4.14. The molecule has 9 nitrogen and oxygen atoms in total. The molecule has 0 aliphatic heterocycles. The fourth-order valence-corrected chi connectivity index (χ4v) is 13.6. The SMILES string of the molecule is CCc1c(C)[nH]c(C(c2cccs2)c2[nH]c(CCc3ccc(C(c4cccs4)c4[nH]c(C)c(C(=O)Cc5c[nH]c(C(c6cccs6)c6[nH]c(C)c(C(C)=O)c6C)c5)c4C)[nH]3)c(C(C)=O)c2C)c1C. The lowest BCUT2D eigenvalue weighted by Crippen LogP contribution is -2.08. The zero-order valence-corrected chi connectivity index (χ0v) is 43.0. The molecule has 0 amide bonds. The zero-order valence-electron chi connectivity index (χ0n) is 40.5. The molecule has 3 atom stereocenters. The van der Waals surface area contributed by atoms with E-state index in [1.807, 2.05) is 33.0 Å². The summed E-state index contributed by atoms with van der Waals surface area (Å²) in [6, 6.07) is 19.1. The number of carbonyl (C=O) groups is 3. The first-order chi connectivity index (χ1) is 32.7. The molecule has 0 saturated carbocycles. The Hall–Kier alpha value is -6.21. The van der Waals surface area contributed by atoms with Crippen LogP contribution in [0.2, 0.25) is 0 Å². The maximum Gasteiger partial charge on any atom is 0.169 e. The summed E-state index contributed by atoms with van der Waals surface area (Å²) in [5, 5.41) is 6.30. The molecule has 3 unspecified atom stereocenters. The number of aryl methyl sites for hydroxylation is 5. The normalized spacial score (nSPS) is 13.1. The van der Waals surface area contributed by atoms with Crippen LogP contribution in [0, 0.1) is 48.5 Å². The van der Waals surface area contributed by atoms with Crippen LogP contribution in [0.5, 0.6) is 0 Å². The predicted octanol–water partition coefficient (Wildman–Crippen LogP) is 13.7. The van der Waals surface area contributed by atoms with Gasteiger partial charge in [0.05, 0.1) is 17.8 Å². The summed E-state index contributed by atoms with van der Waals surface area (Å²) in [7, 11) is 0. The molecule has 9 aromatic heterocycles. The molecule has 0 aromatic carbocycles. The molecule has 6 N–H and O–H groups in total. The van der Waals surface area contributed by atoms with Gasteiger partial charge in [-0.05, 0) is 167 Å². The van der Waals surface area contributed by atoms with Crippen LogP contribution in [0.4, 0.5) is 0 Å². The number of hydrogen-bond acceptors (Lipinski definition) is 6. The quantitative estimate of drug-likeness (QED) is 0.0476. The summed E-state index contributed by atoms with van der Waals surface area (Å²) >= 11 is 5.12. The van der Waals surface area contributed by atoms with Crippen molar-refractivity contribution in [3.63, 3.8) is 0 Å². The smallest absolute Gasteiger partial charge is 0.169 e. The maximum absolute atomic E-state index is 14.4. The number of ketones is 3. The van der Waals surface area contributed by atoms with E-state index in [0.29, 0.717) is 12.8 Å². The van der Waals surface area contributed by atoms with Gasteiger partial charge in [0, 0.05) is 107 Å². The van der Waals surface area contributed by atoms with Crippen LogP contribution in [0.25, 0.3) is 0 Å². The van der Waals surface area contributed by atoms with Crippen LogP contribution < -0.4 is 0 Å². The van der Waals surface area contributed by atoms with Gasteiger partial charge in [-0.25, -0.2) is 0 Å². The van der Waals surface area contributed by atoms with Crippen molar-refractivity contribution in [1.29, 1.82) is 0 Å². The van der Waals surface area contributed by atoms with Gasteiger partial charge in [0.15, 0.2) is 17.3 Å². The van der Waals surface area contributed by atoms with E-state index in [2.05, 4.69) is 129 Å². The highest BCUT2D eigenvalue weighted by Gasteiger charge is 2.32. The van der Waals surface area contributed by atoms with Crippen molar-refractivity contribution in [1.82, 2.24) is 29.9 Å². The Morgan fingerprint density at radius 3 is 1.60 bits per heavy atom. The second kappa shape index (κ2) is 19.1. The Balaban J connectivity index is 0.977. The van der Waals surface area contributed by atoms with Gasteiger partial charge in [0.2, 0.25) is 0 Å². The second-order valence-electron chi connectivity index (χ2n) is 18.4. The first-order valence-corrected chi connectivity index (χ1v) is 26.1. The molecule has 0 spiro atoms. The van der Waals surface area contributed by atoms with E-state index in [-0.39, 0.29) is 41.5 Å². The number of carbonyl (C=O) groups excluding carboxylic acids is 3. The van der Waals surface area contributed by atoms with Gasteiger partial charge in [-0.1, -0.05) is 25.1 Å². The first-order valence-electron chi connectivity index (χ1n) is 23.4. The third-order valence-corrected chi connectivity index (χ3v) is 16.9. The lowest BCUT2D eigenvalue weighted by Gasteiger charge is -2.17. The molecule has 0 saturated heterocycles. The highest BCUT2D eigenvalue weighted by atomic mass is 32.1. The van der Waals surface area contributed by atoms with E-state index in [9.17, 15) is 14.4 Å². The highest BCUT2D eigenvalue weighted by molar-refractivity contribution is 7.10. The van der Waals surface area contributed by atoms with Gasteiger partial charge >= 0.3 is 0 Å². The topological polar surface area (TPSA) is 146 Å². The van der Waals surface area contributed by atoms with Crippen LogP contribution in [0.1, 0.15) is 180 Å². The van der Waals surface area contributed by atoms with Crippen molar-refractivity contribution in [3.05, 3.63) is 204 Å². The van der Waals surface area contributed by atoms with E-state index in [1.165, 1.54) is 32.3 Å². The average molecular weight is 961 g/mol. The number of Topliss-reactive ketones (excluding diaryl/α,β-unsaturated/α-hetero) is 3. The largest absolute Gasteiger partial charge is 0.364 e. The van der Waals surface area contributed by atoms with E-state index in [4.69, 9.17) is 0 Å². The van der Waals surface area contributed by atoms with E-state index >= 15 is 0 Å². The van der Waals surface area contributed by atoms with Gasteiger partial charge in [0.25, 0.3) is 0 Å². The fraction of sp³-hybridized carbons (Fsp3) is 0.304. The lowest BCUT2D eigenvalue weighted by atomic mass is 9.91. The lowest BCUT2D eigenvalue weighted by molar-refractivity contribution is 0.0987. The van der Waals surface area contributed by atoms with Gasteiger partial charge in [0.1, 0.15) is 0 Å². The molecule has 350 valence electrons. The fourth-order valence-electron chi connectivity index (χ4n) is 11.1. The van der Waals surface area contributed by atoms with Crippen molar-refractivity contribution in [2.24, 2.45) is 0 Å². The summed E-state index contributed by atoms with van der Waals surface area (Å²) in [6.45, 7) is 20.0. The van der Waals surface area contributed by atoms with Crippen molar-refractivity contribution in [3.8, 4) is 0 Å². The van der Waals surface area contributed by atoms with Crippen LogP contribution in [0.15, 0.2) is 76.9 Å². The summed E-state index contributed by atoms with van der Waals surface area (Å²) in [5.41, 5.74) is 19.9. The van der Waals surface area contributed by atoms with Crippen LogP contribution in [-0.4, -0.2) is 47.3 Å². The minimum absolute atomic E-state index is 0.0373. The summed E-state index contributed by atoms with van der Waals surface area (Å²) in [6.07, 6.45) is 4.52. The minimum atomic E-state index is -0.138. The van der Waals surface area contributed by atoms with Gasteiger partial charge in [-0.3, -0.25) is 14.4 Å². The summed E-state index contributed by atoms with van der Waals surface area (Å²) in [5.74, 6) is -0.141. The number of H-pyrrole nitrogens is 6. The summed E-state index contributed by atoms with van der Waals surface area (Å²) < 4.78 is 0. The summed E-state index contributed by atoms with van der Waals surface area (Å²) in [4.78, 5) is 66.0. The van der Waals surface area contributed by atoms with E-state index < -0.39 is 0 Å². The molecule has 0 aliphatic rings. The molecule has 9 rings (SSSR count). The first kappa shape index (κ1) is 46.9. The molecule has 0 fully saturated rings. The molecule has 9 heterocycles. The van der Waals surface area contributed by atoms with Gasteiger partial charge in [-0.15, -0.1) is 34.0 Å². The number of aromatic nitrogens is 6. The third-order valence-electron chi connectivity index (χ3n) is 14.1. The molecule has 0 bridgehead atoms. The number of aromatic amines is 6. The number of hydrogen-bond donors (Lipinski definition) is 6. The van der Waals surface area contributed by atoms with Crippen LogP contribution in [-0.2, 0) is 25.7 Å². The third kappa shape index (κ3) is 8.51. The number of rotatable bonds is 18. The monoisotopic (exact) mass is 960 g/mol. The second-order valence-corrected chi connectivity index (χ2v) is 21.4. The van der Waals surface area contributed by atoms with Crippen LogP contribution >= 0.6 is 34.0 Å². The van der Waals surface area contributed by atoms with E-state index in [1.54, 1.807) is 47.9 Å². The molecule has 68 heavy (non-hydrogen) atoms. The molecular formula is C56H60N6O3S3. The molecule has 0 radical (unpaired) electrons. The van der Waals surface area contributed by atoms with Gasteiger partial charge in [-0.2, -0.15) is 0 Å². The number of nitrogens with one attached hydrogen (secondary N) is 6. The molecule has 12 heteroatoms. The minimum Gasteiger partial charge on any atom is -0.364 e. The Kier molecular flexibility index (Phi) is 13.1. The van der Waals surface area contributed by atoms with Gasteiger partial charge < -0.3 is 29.9 Å².